The van der Waals surface area contributed by atoms with Crippen LogP contribution in [0.4, 0.5) is 22.7 Å². The minimum atomic E-state index is 0. The first-order valence-electron chi connectivity index (χ1n) is 17.6. The molecule has 4 aromatic carbocycles. The number of hydrogen-bond donors (Lipinski definition) is 2. The fraction of sp³-hybridized carbons (Fsp3) is 0.0435. The van der Waals surface area contributed by atoms with Crippen molar-refractivity contribution in [3.05, 3.63) is 156 Å². The molecule has 55 heavy (non-hydrogen) atoms. The first kappa shape index (κ1) is 35.3. The summed E-state index contributed by atoms with van der Waals surface area (Å²) in [5, 5.41) is 7.28. The zero-order valence-corrected chi connectivity index (χ0v) is 33.3. The fourth-order valence-electron chi connectivity index (χ4n) is 6.78. The average molecular weight is 768 g/mol. The molecule has 262 valence electrons. The molecule has 5 heterocycles. The van der Waals surface area contributed by atoms with Gasteiger partial charge in [0.05, 0.1) is 37.0 Å². The molecule has 8 nitrogen and oxygen atoms in total. The summed E-state index contributed by atoms with van der Waals surface area (Å²) >= 11 is 0. The number of anilines is 4. The normalized spacial score (nSPS) is 11.5. The number of aromatic nitrogens is 4. The van der Waals surface area contributed by atoms with Crippen LogP contribution in [0.5, 0.6) is 11.5 Å². The Morgan fingerprint density at radius 3 is 1.16 bits per heavy atom. The van der Waals surface area contributed by atoms with E-state index >= 15 is 0 Å². The van der Waals surface area contributed by atoms with Crippen molar-refractivity contribution >= 4 is 69.1 Å². The number of hydrogen-bond acceptors (Lipinski definition) is 6. The molecule has 2 aliphatic heterocycles. The smallest absolute Gasteiger partial charge is 0.656 e. The Kier molecular flexibility index (Phi) is 9.86. The van der Waals surface area contributed by atoms with Crippen molar-refractivity contribution < 1.29 is 29.0 Å². The van der Waals surface area contributed by atoms with Gasteiger partial charge in [-0.2, -0.15) is 0 Å². The molecule has 3 aromatic heterocycles. The quantitative estimate of drug-likeness (QED) is 0.148. The summed E-state index contributed by atoms with van der Waals surface area (Å²) in [6.07, 6.45) is 8.18. The predicted molar refractivity (Wildman–Crippen MR) is 220 cm³/mol. The van der Waals surface area contributed by atoms with E-state index in [9.17, 15) is 0 Å². The number of benzene rings is 4. The number of nitrogens with one attached hydrogen (secondary N) is 2. The predicted octanol–water partition coefficient (Wildman–Crippen LogP) is 10.7. The summed E-state index contributed by atoms with van der Waals surface area (Å²) in [6, 6.07) is 44.4. The minimum Gasteiger partial charge on any atom is -0.656 e. The van der Waals surface area contributed by atoms with Crippen LogP contribution < -0.4 is 30.1 Å². The van der Waals surface area contributed by atoms with Crippen LogP contribution in [0.1, 0.15) is 22.8 Å². The molecular weight excluding hydrogens is 734 g/mol. The summed E-state index contributed by atoms with van der Waals surface area (Å²) < 4.78 is 10.9. The molecule has 7 aromatic rings. The van der Waals surface area contributed by atoms with Crippen molar-refractivity contribution in [3.8, 4) is 33.8 Å². The summed E-state index contributed by atoms with van der Waals surface area (Å²) in [6.45, 7) is 0. The maximum atomic E-state index is 5.43. The molecule has 9 heteroatoms. The van der Waals surface area contributed by atoms with Gasteiger partial charge >= 0.3 is 19.5 Å². The van der Waals surface area contributed by atoms with E-state index in [1.54, 1.807) is 14.2 Å². The number of nitrogens with zero attached hydrogens (tertiary/aromatic N) is 4. The van der Waals surface area contributed by atoms with Gasteiger partial charge in [0.25, 0.3) is 0 Å². The molecule has 2 aliphatic rings. The number of methoxy groups -OCH3 is 2. The van der Waals surface area contributed by atoms with Gasteiger partial charge in [-0.25, -0.2) is 9.97 Å². The van der Waals surface area contributed by atoms with Crippen LogP contribution in [0.15, 0.2) is 133 Å². The van der Waals surface area contributed by atoms with Gasteiger partial charge in [0, 0.05) is 22.7 Å². The first-order valence-corrected chi connectivity index (χ1v) is 17.6. The van der Waals surface area contributed by atoms with Gasteiger partial charge in [0.15, 0.2) is 0 Å². The van der Waals surface area contributed by atoms with E-state index in [4.69, 9.17) is 29.4 Å². The zero-order valence-electron chi connectivity index (χ0n) is 30.3. The molecule has 0 saturated carbocycles. The first-order chi connectivity index (χ1) is 26.6. The maximum absolute atomic E-state index is 5.43. The Morgan fingerprint density at radius 1 is 0.418 bits per heavy atom. The Labute approximate surface area is 331 Å². The van der Waals surface area contributed by atoms with E-state index in [2.05, 4.69) is 59.2 Å². The zero-order chi connectivity index (χ0) is 36.4. The van der Waals surface area contributed by atoms with Gasteiger partial charge in [-0.3, -0.25) is 0 Å². The van der Waals surface area contributed by atoms with Crippen molar-refractivity contribution in [2.24, 2.45) is 0 Å². The second-order valence-corrected chi connectivity index (χ2v) is 12.8. The van der Waals surface area contributed by atoms with Crippen LogP contribution in [0.3, 0.4) is 0 Å². The van der Waals surface area contributed by atoms with Crippen molar-refractivity contribution in [2.45, 2.75) is 0 Å². The van der Waals surface area contributed by atoms with E-state index in [0.29, 0.717) is 0 Å². The summed E-state index contributed by atoms with van der Waals surface area (Å²) in [4.78, 5) is 21.1. The Bertz CT molecular complexity index is 2530. The third kappa shape index (κ3) is 7.06. The molecule has 0 unspecified atom stereocenters. The monoisotopic (exact) mass is 766 g/mol. The molecule has 9 rings (SSSR count). The molecule has 0 spiro atoms. The second-order valence-electron chi connectivity index (χ2n) is 12.8. The summed E-state index contributed by atoms with van der Waals surface area (Å²) in [5.74, 6) is 1.55. The van der Waals surface area contributed by atoms with E-state index in [1.165, 1.54) is 0 Å². The van der Waals surface area contributed by atoms with Crippen LogP contribution in [0.2, 0.25) is 0 Å². The van der Waals surface area contributed by atoms with Gasteiger partial charge < -0.3 is 30.1 Å². The third-order valence-electron chi connectivity index (χ3n) is 9.45. The van der Waals surface area contributed by atoms with Crippen molar-refractivity contribution in [3.63, 3.8) is 0 Å². The van der Waals surface area contributed by atoms with Crippen LogP contribution in [0.25, 0.3) is 68.6 Å². The van der Waals surface area contributed by atoms with Crippen molar-refractivity contribution in [1.29, 1.82) is 0 Å². The van der Waals surface area contributed by atoms with E-state index in [1.807, 2.05) is 109 Å². The molecule has 0 fully saturated rings. The molecule has 2 N–H and O–H groups in total. The summed E-state index contributed by atoms with van der Waals surface area (Å²) in [5.41, 5.74) is 13.3. The Balaban J connectivity index is 0.00000427. The van der Waals surface area contributed by atoms with Gasteiger partial charge in [-0.05, 0) is 95.1 Å². The second kappa shape index (κ2) is 15.3. The van der Waals surface area contributed by atoms with Crippen LogP contribution >= 0.6 is 0 Å². The maximum Gasteiger partial charge on any atom is 2.00 e. The van der Waals surface area contributed by atoms with E-state index in [0.717, 1.165) is 101 Å². The standard InChI is InChI=1S/C46H34N6O2.Zn/c1-53-33-17-13-31(14-18-33)47-45-39-25-21-35(49-39)43(29-9-5-3-6-10-29)37-23-27-41(51-37)46(48-32-15-19-34(54-2)20-16-32)42-28-24-38(52-42)44(30-11-7-4-8-12-30)36-22-26-40(45)50-36;/h3-28,47-48H,1-2H3;/q-2;+2. The fourth-order valence-corrected chi connectivity index (χ4v) is 6.78. The summed E-state index contributed by atoms with van der Waals surface area (Å²) in [7, 11) is 3.33. The van der Waals surface area contributed by atoms with Crippen LogP contribution in [-0.2, 0) is 19.5 Å². The molecule has 0 saturated heterocycles. The molecule has 0 amide bonds. The van der Waals surface area contributed by atoms with Crippen molar-refractivity contribution in [2.75, 3.05) is 24.9 Å². The molecule has 0 aliphatic carbocycles. The molecule has 8 bridgehead atoms. The Morgan fingerprint density at radius 2 is 0.782 bits per heavy atom. The van der Waals surface area contributed by atoms with Gasteiger partial charge in [0.1, 0.15) is 11.5 Å². The third-order valence-corrected chi connectivity index (χ3v) is 9.45. The number of rotatable bonds is 8. The Hall–Kier alpha value is -6.70. The van der Waals surface area contributed by atoms with E-state index < -0.39 is 0 Å². The van der Waals surface area contributed by atoms with E-state index in [-0.39, 0.29) is 19.5 Å². The van der Waals surface area contributed by atoms with Gasteiger partial charge in [-0.1, -0.05) is 84.9 Å². The number of ether oxygens (including phenoxy) is 2. The molecule has 0 radical (unpaired) electrons. The SMILES string of the molecule is COc1ccc(Nc2c3nc(c(-c4ccccc4)c4ccc([n-]4)c(Nc4ccc(OC)cc4)c4nc(c(-c5ccccc5)c5ccc2[n-]5)C=C4)C=C3)cc1.[Zn+2]. The number of fused-ring (bicyclic) bond motifs is 8. The molecular formula is C46H34N6O2Zn. The largest absolute Gasteiger partial charge is 2.00 e. The topological polar surface area (TPSA) is 96.5 Å². The van der Waals surface area contributed by atoms with Crippen LogP contribution in [-0.4, -0.2) is 24.2 Å². The van der Waals surface area contributed by atoms with Crippen LogP contribution in [0, 0.1) is 0 Å². The van der Waals surface area contributed by atoms with Gasteiger partial charge in [-0.15, -0.1) is 22.1 Å². The molecule has 0 atom stereocenters. The van der Waals surface area contributed by atoms with Crippen molar-refractivity contribution in [1.82, 2.24) is 19.9 Å². The van der Waals surface area contributed by atoms with Gasteiger partial charge in [0.2, 0.25) is 0 Å². The minimum absolute atomic E-state index is 0. The average Bonchev–Trinajstić information content (AvgIpc) is 4.07.